The van der Waals surface area contributed by atoms with Gasteiger partial charge in [-0.1, -0.05) is 18.2 Å². The van der Waals surface area contributed by atoms with Gasteiger partial charge in [0, 0.05) is 30.6 Å². The fourth-order valence-electron chi connectivity index (χ4n) is 2.90. The average molecular weight is 288 g/mol. The predicted octanol–water partition coefficient (Wildman–Crippen LogP) is 2.63. The van der Waals surface area contributed by atoms with E-state index < -0.39 is 0 Å². The smallest absolute Gasteiger partial charge is 0.134 e. The number of ether oxygens (including phenoxy) is 1. The number of hydrogen-bond acceptors (Lipinski definition) is 4. The second-order valence-corrected chi connectivity index (χ2v) is 6.27. The van der Waals surface area contributed by atoms with Crippen molar-refractivity contribution in [2.24, 2.45) is 0 Å². The van der Waals surface area contributed by atoms with Crippen molar-refractivity contribution < 1.29 is 9.15 Å². The van der Waals surface area contributed by atoms with Gasteiger partial charge in [-0.15, -0.1) is 0 Å². The van der Waals surface area contributed by atoms with Gasteiger partial charge < -0.3 is 14.5 Å². The molecule has 2 aromatic rings. The number of para-hydroxylation sites is 1. The van der Waals surface area contributed by atoms with Crippen molar-refractivity contribution in [3.05, 3.63) is 36.1 Å². The van der Waals surface area contributed by atoms with Crippen LogP contribution < -0.4 is 5.32 Å². The van der Waals surface area contributed by atoms with E-state index in [2.05, 4.69) is 36.2 Å². The summed E-state index contributed by atoms with van der Waals surface area (Å²) in [6.45, 7) is 9.97. The second-order valence-electron chi connectivity index (χ2n) is 6.27. The van der Waals surface area contributed by atoms with Gasteiger partial charge in [0.2, 0.25) is 0 Å². The first-order valence-electron chi connectivity index (χ1n) is 7.66. The minimum atomic E-state index is 0.135. The van der Waals surface area contributed by atoms with Gasteiger partial charge >= 0.3 is 0 Å². The molecule has 0 bridgehead atoms. The Hall–Kier alpha value is -1.36. The maximum atomic E-state index is 5.83. The first-order chi connectivity index (χ1) is 10.1. The molecule has 1 N–H and O–H groups in total. The van der Waals surface area contributed by atoms with E-state index in [1.54, 1.807) is 0 Å². The van der Waals surface area contributed by atoms with E-state index in [0.29, 0.717) is 0 Å². The van der Waals surface area contributed by atoms with Crippen molar-refractivity contribution in [3.63, 3.8) is 0 Å². The van der Waals surface area contributed by atoms with Crippen LogP contribution in [0.5, 0.6) is 0 Å². The zero-order chi connectivity index (χ0) is 14.7. The van der Waals surface area contributed by atoms with Crippen molar-refractivity contribution in [2.75, 3.05) is 32.8 Å². The number of benzene rings is 1. The number of hydrogen-bond donors (Lipinski definition) is 1. The Morgan fingerprint density at radius 2 is 1.95 bits per heavy atom. The molecule has 1 aromatic heterocycles. The summed E-state index contributed by atoms with van der Waals surface area (Å²) in [5.74, 6) is 0.994. The summed E-state index contributed by atoms with van der Waals surface area (Å²) in [5, 5.41) is 4.69. The molecule has 1 aromatic carbocycles. The van der Waals surface area contributed by atoms with Crippen molar-refractivity contribution in [3.8, 4) is 0 Å². The van der Waals surface area contributed by atoms with Gasteiger partial charge in [-0.3, -0.25) is 4.90 Å². The van der Waals surface area contributed by atoms with E-state index in [1.165, 1.54) is 5.39 Å². The Balaban J connectivity index is 1.55. The molecule has 114 valence electrons. The van der Waals surface area contributed by atoms with Crippen LogP contribution in [0.3, 0.4) is 0 Å². The lowest BCUT2D eigenvalue weighted by Gasteiger charge is -2.41. The van der Waals surface area contributed by atoms with E-state index in [1.807, 2.05) is 18.2 Å². The highest BCUT2D eigenvalue weighted by Gasteiger charge is 2.27. The Bertz CT molecular complexity index is 552. The zero-order valence-corrected chi connectivity index (χ0v) is 12.9. The fourth-order valence-corrected chi connectivity index (χ4v) is 2.90. The standard InChI is InChI=1S/C17H24N2O2/c1-17(2,19-7-9-20-10-8-19)13-18-12-15-11-14-5-3-4-6-16(14)21-15/h3-6,11,18H,7-10,12-13H2,1-2H3. The molecule has 0 atom stereocenters. The van der Waals surface area contributed by atoms with Gasteiger partial charge in [-0.2, -0.15) is 0 Å². The maximum absolute atomic E-state index is 5.83. The fraction of sp³-hybridized carbons (Fsp3) is 0.529. The Labute approximate surface area is 126 Å². The van der Waals surface area contributed by atoms with Gasteiger partial charge in [0.1, 0.15) is 11.3 Å². The monoisotopic (exact) mass is 288 g/mol. The van der Waals surface area contributed by atoms with E-state index in [9.17, 15) is 0 Å². The van der Waals surface area contributed by atoms with Gasteiger partial charge in [0.15, 0.2) is 0 Å². The molecule has 1 fully saturated rings. The number of fused-ring (bicyclic) bond motifs is 1. The summed E-state index contributed by atoms with van der Waals surface area (Å²) < 4.78 is 11.3. The summed E-state index contributed by atoms with van der Waals surface area (Å²) in [5.41, 5.74) is 1.09. The van der Waals surface area contributed by atoms with Gasteiger partial charge in [-0.25, -0.2) is 0 Å². The van der Waals surface area contributed by atoms with Crippen LogP contribution in [-0.4, -0.2) is 43.3 Å². The minimum Gasteiger partial charge on any atom is -0.460 e. The molecule has 1 aliphatic heterocycles. The predicted molar refractivity (Wildman–Crippen MR) is 84.4 cm³/mol. The lowest BCUT2D eigenvalue weighted by Crippen LogP contribution is -2.54. The maximum Gasteiger partial charge on any atom is 0.134 e. The molecule has 0 unspecified atom stereocenters. The SMILES string of the molecule is CC(C)(CNCc1cc2ccccc2o1)N1CCOCC1. The summed E-state index contributed by atoms with van der Waals surface area (Å²) in [6.07, 6.45) is 0. The van der Waals surface area contributed by atoms with Crippen LogP contribution in [0, 0.1) is 0 Å². The Morgan fingerprint density at radius 1 is 1.19 bits per heavy atom. The molecule has 4 nitrogen and oxygen atoms in total. The van der Waals surface area contributed by atoms with E-state index in [0.717, 1.165) is 50.7 Å². The molecule has 21 heavy (non-hydrogen) atoms. The zero-order valence-electron chi connectivity index (χ0n) is 12.9. The number of nitrogens with one attached hydrogen (secondary N) is 1. The molecular formula is C17H24N2O2. The van der Waals surface area contributed by atoms with Crippen molar-refractivity contribution >= 4 is 11.0 Å². The van der Waals surface area contributed by atoms with Crippen LogP contribution in [0.4, 0.5) is 0 Å². The second kappa shape index (κ2) is 6.18. The Kier molecular flexibility index (Phi) is 4.29. The van der Waals surface area contributed by atoms with Crippen LogP contribution in [0.15, 0.2) is 34.7 Å². The topological polar surface area (TPSA) is 37.6 Å². The summed E-state index contributed by atoms with van der Waals surface area (Å²) in [4.78, 5) is 2.49. The lowest BCUT2D eigenvalue weighted by molar-refractivity contribution is -0.00976. The number of furan rings is 1. The number of rotatable bonds is 5. The molecule has 0 saturated carbocycles. The molecule has 4 heteroatoms. The van der Waals surface area contributed by atoms with Gasteiger partial charge in [0.05, 0.1) is 19.8 Å². The van der Waals surface area contributed by atoms with E-state index in [-0.39, 0.29) is 5.54 Å². The van der Waals surface area contributed by atoms with Crippen LogP contribution >= 0.6 is 0 Å². The molecule has 0 spiro atoms. The van der Waals surface area contributed by atoms with Crippen LogP contribution in [-0.2, 0) is 11.3 Å². The third kappa shape index (κ3) is 3.46. The summed E-state index contributed by atoms with van der Waals surface area (Å²) >= 11 is 0. The third-order valence-electron chi connectivity index (χ3n) is 4.20. The van der Waals surface area contributed by atoms with Crippen molar-refractivity contribution in [1.29, 1.82) is 0 Å². The summed E-state index contributed by atoms with van der Waals surface area (Å²) in [7, 11) is 0. The van der Waals surface area contributed by atoms with E-state index >= 15 is 0 Å². The molecule has 0 amide bonds. The molecule has 1 saturated heterocycles. The number of morpholine rings is 1. The quantitative estimate of drug-likeness (QED) is 0.918. The number of nitrogens with zero attached hydrogens (tertiary/aromatic N) is 1. The third-order valence-corrected chi connectivity index (χ3v) is 4.20. The Morgan fingerprint density at radius 3 is 2.71 bits per heavy atom. The average Bonchev–Trinajstić information content (AvgIpc) is 2.90. The van der Waals surface area contributed by atoms with Crippen molar-refractivity contribution in [2.45, 2.75) is 25.9 Å². The highest BCUT2D eigenvalue weighted by molar-refractivity contribution is 5.77. The largest absolute Gasteiger partial charge is 0.460 e. The molecule has 3 rings (SSSR count). The highest BCUT2D eigenvalue weighted by Crippen LogP contribution is 2.19. The first kappa shape index (κ1) is 14.6. The lowest BCUT2D eigenvalue weighted by atomic mass is 10.0. The van der Waals surface area contributed by atoms with Crippen molar-refractivity contribution in [1.82, 2.24) is 10.2 Å². The van der Waals surface area contributed by atoms with Crippen LogP contribution in [0.2, 0.25) is 0 Å². The molecule has 0 aliphatic carbocycles. The van der Waals surface area contributed by atoms with E-state index in [4.69, 9.17) is 9.15 Å². The van der Waals surface area contributed by atoms with Gasteiger partial charge in [0.25, 0.3) is 0 Å². The van der Waals surface area contributed by atoms with Crippen LogP contribution in [0.1, 0.15) is 19.6 Å². The molecular weight excluding hydrogens is 264 g/mol. The summed E-state index contributed by atoms with van der Waals surface area (Å²) in [6, 6.07) is 10.3. The molecule has 1 aliphatic rings. The first-order valence-corrected chi connectivity index (χ1v) is 7.66. The molecule has 0 radical (unpaired) electrons. The van der Waals surface area contributed by atoms with Gasteiger partial charge in [-0.05, 0) is 26.0 Å². The van der Waals surface area contributed by atoms with Crippen LogP contribution in [0.25, 0.3) is 11.0 Å². The normalized spacial score (nSPS) is 17.4. The highest BCUT2D eigenvalue weighted by atomic mass is 16.5. The minimum absolute atomic E-state index is 0.135. The molecule has 2 heterocycles.